The minimum absolute atomic E-state index is 0.0417. The van der Waals surface area contributed by atoms with E-state index in [1.165, 1.54) is 12.1 Å². The second kappa shape index (κ2) is 4.42. The number of aliphatic hydroxyl groups excluding tert-OH is 1. The van der Waals surface area contributed by atoms with Crippen molar-refractivity contribution >= 4 is 22.3 Å². The third-order valence-corrected chi connectivity index (χ3v) is 3.69. The molecule has 104 valence electrons. The van der Waals surface area contributed by atoms with Crippen LogP contribution in [0.4, 0.5) is 11.4 Å². The van der Waals surface area contributed by atoms with Gasteiger partial charge in [0.1, 0.15) is 0 Å². The Morgan fingerprint density at radius 2 is 2.20 bits per heavy atom. The number of rotatable bonds is 4. The molecule has 2 aromatic rings. The molecule has 1 aliphatic carbocycles. The van der Waals surface area contributed by atoms with Crippen LogP contribution in [0, 0.1) is 17.0 Å². The summed E-state index contributed by atoms with van der Waals surface area (Å²) in [7, 11) is 0. The zero-order valence-electron chi connectivity index (χ0n) is 11.1. The number of hydrogen-bond donors (Lipinski definition) is 2. The van der Waals surface area contributed by atoms with Gasteiger partial charge < -0.3 is 10.4 Å². The van der Waals surface area contributed by atoms with E-state index in [-0.39, 0.29) is 17.8 Å². The van der Waals surface area contributed by atoms with E-state index in [4.69, 9.17) is 0 Å². The molecule has 0 aliphatic heterocycles. The molecule has 1 fully saturated rings. The average molecular weight is 273 g/mol. The fourth-order valence-electron chi connectivity index (χ4n) is 2.32. The van der Waals surface area contributed by atoms with Gasteiger partial charge in [-0.25, -0.2) is 0 Å². The molecule has 6 nitrogen and oxygen atoms in total. The average Bonchev–Trinajstić information content (AvgIpc) is 3.18. The number of aromatic nitrogens is 1. The van der Waals surface area contributed by atoms with E-state index in [2.05, 4.69) is 10.3 Å². The van der Waals surface area contributed by atoms with Crippen LogP contribution in [-0.4, -0.2) is 27.2 Å². The molecule has 0 bridgehead atoms. The first kappa shape index (κ1) is 12.8. The zero-order valence-corrected chi connectivity index (χ0v) is 11.1. The number of aryl methyl sites for hydroxylation is 1. The number of hydrogen-bond acceptors (Lipinski definition) is 5. The highest BCUT2D eigenvalue weighted by atomic mass is 16.6. The number of pyridine rings is 1. The lowest BCUT2D eigenvalue weighted by Gasteiger charge is -2.18. The highest BCUT2D eigenvalue weighted by Crippen LogP contribution is 2.40. The van der Waals surface area contributed by atoms with Gasteiger partial charge in [-0.2, -0.15) is 0 Å². The largest absolute Gasteiger partial charge is 0.394 e. The molecule has 6 heteroatoms. The lowest BCUT2D eigenvalue weighted by molar-refractivity contribution is -0.384. The van der Waals surface area contributed by atoms with Gasteiger partial charge >= 0.3 is 0 Å². The Balaban J connectivity index is 2.13. The summed E-state index contributed by atoms with van der Waals surface area (Å²) >= 11 is 0. The van der Waals surface area contributed by atoms with E-state index in [0.717, 1.165) is 24.2 Å². The van der Waals surface area contributed by atoms with E-state index >= 15 is 0 Å². The van der Waals surface area contributed by atoms with Crippen molar-refractivity contribution in [2.24, 2.45) is 0 Å². The van der Waals surface area contributed by atoms with Crippen LogP contribution in [-0.2, 0) is 0 Å². The predicted octanol–water partition coefficient (Wildman–Crippen LogP) is 2.39. The Bertz CT molecular complexity index is 695. The van der Waals surface area contributed by atoms with Crippen LogP contribution < -0.4 is 5.32 Å². The van der Waals surface area contributed by atoms with Crippen molar-refractivity contribution in [3.05, 3.63) is 40.1 Å². The number of nitro groups is 1. The smallest absolute Gasteiger partial charge is 0.270 e. The van der Waals surface area contributed by atoms with Crippen LogP contribution >= 0.6 is 0 Å². The molecule has 0 radical (unpaired) electrons. The van der Waals surface area contributed by atoms with Gasteiger partial charge in [-0.05, 0) is 31.9 Å². The van der Waals surface area contributed by atoms with Crippen LogP contribution in [0.15, 0.2) is 24.3 Å². The summed E-state index contributed by atoms with van der Waals surface area (Å²) in [5.41, 5.74) is 2.11. The molecular formula is C14H15N3O3. The van der Waals surface area contributed by atoms with E-state index < -0.39 is 4.92 Å². The third kappa shape index (κ3) is 2.18. The fraction of sp³-hybridized carbons (Fsp3) is 0.357. The lowest BCUT2D eigenvalue weighted by Crippen LogP contribution is -2.25. The fourth-order valence-corrected chi connectivity index (χ4v) is 2.32. The van der Waals surface area contributed by atoms with Crippen LogP contribution in [0.1, 0.15) is 18.5 Å². The maximum absolute atomic E-state index is 10.9. The summed E-state index contributed by atoms with van der Waals surface area (Å²) in [4.78, 5) is 14.9. The minimum Gasteiger partial charge on any atom is -0.394 e. The van der Waals surface area contributed by atoms with E-state index in [9.17, 15) is 15.2 Å². The second-order valence-electron chi connectivity index (χ2n) is 5.33. The van der Waals surface area contributed by atoms with Crippen molar-refractivity contribution in [3.63, 3.8) is 0 Å². The quantitative estimate of drug-likeness (QED) is 0.659. The number of nitro benzene ring substituents is 1. The van der Waals surface area contributed by atoms with Crippen LogP contribution in [0.5, 0.6) is 0 Å². The Kier molecular flexibility index (Phi) is 2.83. The third-order valence-electron chi connectivity index (χ3n) is 3.69. The van der Waals surface area contributed by atoms with Crippen molar-refractivity contribution in [1.82, 2.24) is 4.98 Å². The Morgan fingerprint density at radius 1 is 1.45 bits per heavy atom. The molecule has 0 amide bonds. The summed E-state index contributed by atoms with van der Waals surface area (Å²) in [6.45, 7) is 1.94. The van der Waals surface area contributed by atoms with Gasteiger partial charge in [-0.1, -0.05) is 0 Å². The van der Waals surface area contributed by atoms with Gasteiger partial charge in [0, 0.05) is 28.9 Å². The van der Waals surface area contributed by atoms with Gasteiger partial charge in [0.05, 0.1) is 22.6 Å². The second-order valence-corrected chi connectivity index (χ2v) is 5.33. The minimum atomic E-state index is -0.415. The number of nitrogens with one attached hydrogen (secondary N) is 1. The Labute approximate surface area is 115 Å². The molecule has 1 aromatic carbocycles. The van der Waals surface area contributed by atoms with Gasteiger partial charge in [-0.15, -0.1) is 0 Å². The standard InChI is InChI=1S/C14H15N3O3/c1-9-6-13(16-14(8-18)4-5-14)11-7-10(17(19)20)2-3-12(11)15-9/h2-3,6-7,18H,4-5,8H2,1H3,(H,15,16). The number of fused-ring (bicyclic) bond motifs is 1. The van der Waals surface area contributed by atoms with Crippen molar-refractivity contribution in [3.8, 4) is 0 Å². The first-order valence-electron chi connectivity index (χ1n) is 6.48. The predicted molar refractivity (Wildman–Crippen MR) is 75.8 cm³/mol. The van der Waals surface area contributed by atoms with Crippen LogP contribution in [0.25, 0.3) is 10.9 Å². The molecule has 1 aliphatic rings. The first-order valence-corrected chi connectivity index (χ1v) is 6.48. The molecule has 1 aromatic heterocycles. The number of non-ortho nitro benzene ring substituents is 1. The molecule has 0 unspecified atom stereocenters. The topological polar surface area (TPSA) is 88.3 Å². The van der Waals surface area contributed by atoms with Crippen molar-refractivity contribution in [2.45, 2.75) is 25.3 Å². The Morgan fingerprint density at radius 3 is 2.80 bits per heavy atom. The summed E-state index contributed by atoms with van der Waals surface area (Å²) in [5.74, 6) is 0. The molecule has 0 atom stereocenters. The van der Waals surface area contributed by atoms with Crippen LogP contribution in [0.2, 0.25) is 0 Å². The van der Waals surface area contributed by atoms with Crippen molar-refractivity contribution < 1.29 is 10.0 Å². The summed E-state index contributed by atoms with van der Waals surface area (Å²) in [6, 6.07) is 6.50. The van der Waals surface area contributed by atoms with Gasteiger partial charge in [0.25, 0.3) is 5.69 Å². The van der Waals surface area contributed by atoms with E-state index in [1.807, 2.05) is 13.0 Å². The molecule has 0 saturated heterocycles. The van der Waals surface area contributed by atoms with E-state index in [0.29, 0.717) is 10.9 Å². The summed E-state index contributed by atoms with van der Waals surface area (Å²) in [6.07, 6.45) is 1.81. The molecule has 1 heterocycles. The SMILES string of the molecule is Cc1cc(NC2(CO)CC2)c2cc([N+](=O)[O-])ccc2n1. The molecule has 0 spiro atoms. The van der Waals surface area contributed by atoms with Crippen LogP contribution in [0.3, 0.4) is 0 Å². The number of benzene rings is 1. The lowest BCUT2D eigenvalue weighted by atomic mass is 10.1. The number of aliphatic hydroxyl groups is 1. The highest BCUT2D eigenvalue weighted by Gasteiger charge is 2.42. The van der Waals surface area contributed by atoms with Gasteiger partial charge in [0.2, 0.25) is 0 Å². The zero-order chi connectivity index (χ0) is 14.3. The Hall–Kier alpha value is -2.21. The monoisotopic (exact) mass is 273 g/mol. The molecular weight excluding hydrogens is 258 g/mol. The number of nitrogens with zero attached hydrogens (tertiary/aromatic N) is 2. The van der Waals surface area contributed by atoms with Gasteiger partial charge in [0.15, 0.2) is 0 Å². The summed E-state index contributed by atoms with van der Waals surface area (Å²) < 4.78 is 0. The highest BCUT2D eigenvalue weighted by molar-refractivity contribution is 5.93. The normalized spacial score (nSPS) is 16.1. The molecule has 20 heavy (non-hydrogen) atoms. The maximum atomic E-state index is 10.9. The van der Waals surface area contributed by atoms with Gasteiger partial charge in [-0.3, -0.25) is 15.1 Å². The number of anilines is 1. The van der Waals surface area contributed by atoms with Crippen molar-refractivity contribution in [1.29, 1.82) is 0 Å². The van der Waals surface area contributed by atoms with E-state index in [1.54, 1.807) is 6.07 Å². The summed E-state index contributed by atoms with van der Waals surface area (Å²) in [5, 5.41) is 24.3. The van der Waals surface area contributed by atoms with Crippen molar-refractivity contribution in [2.75, 3.05) is 11.9 Å². The molecule has 3 rings (SSSR count). The molecule has 2 N–H and O–H groups in total. The maximum Gasteiger partial charge on any atom is 0.270 e. The molecule has 1 saturated carbocycles. The first-order chi connectivity index (χ1) is 9.53.